The highest BCUT2D eigenvalue weighted by Gasteiger charge is 2.24. The molecule has 1 saturated heterocycles. The van der Waals surface area contributed by atoms with Crippen LogP contribution in [0.5, 0.6) is 0 Å². The number of hydrogen-bond donors (Lipinski definition) is 0. The summed E-state index contributed by atoms with van der Waals surface area (Å²) < 4.78 is 0. The fourth-order valence-electron chi connectivity index (χ4n) is 4.16. The SMILES string of the molecule is CCc1ccc(C(=O)/C=C/C2=C(N3CCCCC3)Cc3ccccc32)cc1. The van der Waals surface area contributed by atoms with Crippen LogP contribution in [-0.2, 0) is 12.8 Å². The van der Waals surface area contributed by atoms with Crippen molar-refractivity contribution in [3.63, 3.8) is 0 Å². The number of allylic oxidation sites excluding steroid dienone is 4. The molecule has 138 valence electrons. The molecule has 2 aromatic carbocycles. The summed E-state index contributed by atoms with van der Waals surface area (Å²) in [7, 11) is 0. The quantitative estimate of drug-likeness (QED) is 0.524. The van der Waals surface area contributed by atoms with Crippen LogP contribution < -0.4 is 0 Å². The molecule has 2 heteroatoms. The number of likely N-dealkylation sites (tertiary alicyclic amines) is 1. The molecule has 27 heavy (non-hydrogen) atoms. The van der Waals surface area contributed by atoms with Crippen LogP contribution in [0.4, 0.5) is 0 Å². The molecule has 0 amide bonds. The van der Waals surface area contributed by atoms with Gasteiger partial charge in [-0.25, -0.2) is 0 Å². The maximum Gasteiger partial charge on any atom is 0.185 e. The number of rotatable bonds is 5. The van der Waals surface area contributed by atoms with Gasteiger partial charge in [-0.15, -0.1) is 0 Å². The number of aryl methyl sites for hydroxylation is 1. The minimum atomic E-state index is 0.0764. The van der Waals surface area contributed by atoms with E-state index in [0.29, 0.717) is 0 Å². The van der Waals surface area contributed by atoms with Gasteiger partial charge in [-0.3, -0.25) is 4.79 Å². The van der Waals surface area contributed by atoms with E-state index in [0.717, 1.165) is 31.5 Å². The summed E-state index contributed by atoms with van der Waals surface area (Å²) in [4.78, 5) is 15.2. The maximum absolute atomic E-state index is 12.7. The summed E-state index contributed by atoms with van der Waals surface area (Å²) in [6, 6.07) is 16.6. The number of fused-ring (bicyclic) bond motifs is 1. The van der Waals surface area contributed by atoms with Crippen molar-refractivity contribution in [2.45, 2.75) is 39.0 Å². The number of carbonyl (C=O) groups excluding carboxylic acids is 1. The Morgan fingerprint density at radius 2 is 1.74 bits per heavy atom. The molecule has 2 aliphatic rings. The van der Waals surface area contributed by atoms with E-state index < -0.39 is 0 Å². The van der Waals surface area contributed by atoms with Crippen LogP contribution in [0.3, 0.4) is 0 Å². The number of ketones is 1. The Bertz CT molecular complexity index is 883. The van der Waals surface area contributed by atoms with Gasteiger partial charge in [0.05, 0.1) is 0 Å². The Kier molecular flexibility index (Phi) is 5.24. The van der Waals surface area contributed by atoms with Gasteiger partial charge in [0, 0.05) is 36.3 Å². The third kappa shape index (κ3) is 3.75. The normalized spacial score (nSPS) is 16.9. The van der Waals surface area contributed by atoms with Crippen molar-refractivity contribution in [3.8, 4) is 0 Å². The summed E-state index contributed by atoms with van der Waals surface area (Å²) in [5.41, 5.74) is 7.29. The second-order valence-electron chi connectivity index (χ2n) is 7.49. The third-order valence-electron chi connectivity index (χ3n) is 5.76. The first-order valence-corrected chi connectivity index (χ1v) is 10.1. The van der Waals surface area contributed by atoms with Crippen LogP contribution in [-0.4, -0.2) is 23.8 Å². The second-order valence-corrected chi connectivity index (χ2v) is 7.49. The molecule has 2 nitrogen and oxygen atoms in total. The van der Waals surface area contributed by atoms with E-state index in [4.69, 9.17) is 0 Å². The van der Waals surface area contributed by atoms with Crippen molar-refractivity contribution in [3.05, 3.63) is 88.6 Å². The first kappa shape index (κ1) is 17.8. The average molecular weight is 357 g/mol. The van der Waals surface area contributed by atoms with Crippen molar-refractivity contribution < 1.29 is 4.79 Å². The molecular formula is C25H27NO. The monoisotopic (exact) mass is 357 g/mol. The lowest BCUT2D eigenvalue weighted by atomic mass is 10.0. The van der Waals surface area contributed by atoms with Crippen LogP contribution in [0.15, 0.2) is 66.4 Å². The van der Waals surface area contributed by atoms with Gasteiger partial charge in [0.15, 0.2) is 5.78 Å². The van der Waals surface area contributed by atoms with Gasteiger partial charge in [0.25, 0.3) is 0 Å². The molecule has 1 aliphatic carbocycles. The van der Waals surface area contributed by atoms with E-state index in [-0.39, 0.29) is 5.78 Å². The van der Waals surface area contributed by atoms with Crippen molar-refractivity contribution in [2.75, 3.05) is 13.1 Å². The van der Waals surface area contributed by atoms with Crippen molar-refractivity contribution in [1.82, 2.24) is 4.90 Å². The van der Waals surface area contributed by atoms with Crippen LogP contribution in [0.1, 0.15) is 53.2 Å². The van der Waals surface area contributed by atoms with Gasteiger partial charge in [0.2, 0.25) is 0 Å². The van der Waals surface area contributed by atoms with E-state index in [1.807, 2.05) is 30.3 Å². The zero-order chi connectivity index (χ0) is 18.6. The molecule has 1 aliphatic heterocycles. The van der Waals surface area contributed by atoms with Crippen LogP contribution in [0, 0.1) is 0 Å². The van der Waals surface area contributed by atoms with Crippen molar-refractivity contribution >= 4 is 11.4 Å². The number of carbonyl (C=O) groups is 1. The summed E-state index contributed by atoms with van der Waals surface area (Å²) in [6.45, 7) is 4.39. The van der Waals surface area contributed by atoms with Gasteiger partial charge in [0.1, 0.15) is 0 Å². The van der Waals surface area contributed by atoms with Crippen LogP contribution in [0.2, 0.25) is 0 Å². The molecule has 0 N–H and O–H groups in total. The zero-order valence-corrected chi connectivity index (χ0v) is 16.1. The van der Waals surface area contributed by atoms with Gasteiger partial charge in [-0.1, -0.05) is 55.5 Å². The van der Waals surface area contributed by atoms with E-state index in [1.165, 1.54) is 47.2 Å². The predicted molar refractivity (Wildman–Crippen MR) is 112 cm³/mol. The molecular weight excluding hydrogens is 330 g/mol. The minimum absolute atomic E-state index is 0.0764. The lowest BCUT2D eigenvalue weighted by Crippen LogP contribution is -2.29. The van der Waals surface area contributed by atoms with E-state index in [1.54, 1.807) is 6.08 Å². The molecule has 0 spiro atoms. The highest BCUT2D eigenvalue weighted by molar-refractivity contribution is 6.06. The first-order chi connectivity index (χ1) is 13.3. The Hall–Kier alpha value is -2.61. The van der Waals surface area contributed by atoms with Gasteiger partial charge in [-0.2, -0.15) is 0 Å². The van der Waals surface area contributed by atoms with Crippen LogP contribution in [0.25, 0.3) is 5.57 Å². The number of hydrogen-bond acceptors (Lipinski definition) is 2. The Morgan fingerprint density at radius 1 is 1.00 bits per heavy atom. The molecule has 1 heterocycles. The van der Waals surface area contributed by atoms with Gasteiger partial charge >= 0.3 is 0 Å². The molecule has 4 rings (SSSR count). The Balaban J connectivity index is 1.62. The van der Waals surface area contributed by atoms with E-state index in [2.05, 4.69) is 36.1 Å². The summed E-state index contributed by atoms with van der Waals surface area (Å²) in [5, 5.41) is 0. The first-order valence-electron chi connectivity index (χ1n) is 10.1. The average Bonchev–Trinajstić information content (AvgIpc) is 3.11. The highest BCUT2D eigenvalue weighted by Crippen LogP contribution is 2.36. The van der Waals surface area contributed by atoms with Gasteiger partial charge in [-0.05, 0) is 54.5 Å². The minimum Gasteiger partial charge on any atom is -0.374 e. The largest absolute Gasteiger partial charge is 0.374 e. The lowest BCUT2D eigenvalue weighted by Gasteiger charge is -2.30. The number of nitrogens with zero attached hydrogens (tertiary/aromatic N) is 1. The topological polar surface area (TPSA) is 20.3 Å². The van der Waals surface area contributed by atoms with Gasteiger partial charge < -0.3 is 4.90 Å². The fourth-order valence-corrected chi connectivity index (χ4v) is 4.16. The molecule has 0 bridgehead atoms. The smallest absolute Gasteiger partial charge is 0.185 e. The predicted octanol–water partition coefficient (Wildman–Crippen LogP) is 5.44. The molecule has 0 aromatic heterocycles. The summed E-state index contributed by atoms with van der Waals surface area (Å²) >= 11 is 0. The Labute approximate surface area is 162 Å². The third-order valence-corrected chi connectivity index (χ3v) is 5.76. The van der Waals surface area contributed by atoms with E-state index >= 15 is 0 Å². The molecule has 0 unspecified atom stereocenters. The van der Waals surface area contributed by atoms with E-state index in [9.17, 15) is 4.79 Å². The fraction of sp³-hybridized carbons (Fsp3) is 0.320. The molecule has 1 fully saturated rings. The molecule has 0 radical (unpaired) electrons. The number of benzene rings is 2. The standard InChI is InChI=1S/C25H27NO/c1-2-19-10-12-20(13-11-19)25(27)15-14-23-22-9-5-4-8-21(22)18-24(23)26-16-6-3-7-17-26/h4-5,8-15H,2-3,6-7,16-18H2,1H3/b15-14+. The molecule has 2 aromatic rings. The highest BCUT2D eigenvalue weighted by atomic mass is 16.1. The summed E-state index contributed by atoms with van der Waals surface area (Å²) in [5.74, 6) is 0.0764. The molecule has 0 saturated carbocycles. The lowest BCUT2D eigenvalue weighted by molar-refractivity contribution is 0.104. The summed E-state index contributed by atoms with van der Waals surface area (Å²) in [6.07, 6.45) is 9.63. The van der Waals surface area contributed by atoms with Crippen molar-refractivity contribution in [2.24, 2.45) is 0 Å². The number of piperidine rings is 1. The zero-order valence-electron chi connectivity index (χ0n) is 16.1. The maximum atomic E-state index is 12.7. The second kappa shape index (κ2) is 7.96. The van der Waals surface area contributed by atoms with Crippen molar-refractivity contribution in [1.29, 1.82) is 0 Å². The molecule has 0 atom stereocenters. The van der Waals surface area contributed by atoms with Crippen LogP contribution >= 0.6 is 0 Å². The Morgan fingerprint density at radius 3 is 2.48 bits per heavy atom.